The molecule has 118 valence electrons. The second-order valence-corrected chi connectivity index (χ2v) is 5.73. The van der Waals surface area contributed by atoms with Crippen LogP contribution in [0.5, 0.6) is 0 Å². The summed E-state index contributed by atoms with van der Waals surface area (Å²) in [7, 11) is 3.56. The average molecular weight is 333 g/mol. The number of fused-ring (bicyclic) bond motifs is 1. The molecule has 2 N–H and O–H groups in total. The zero-order valence-electron chi connectivity index (χ0n) is 12.5. The van der Waals surface area contributed by atoms with Crippen molar-refractivity contribution < 1.29 is 4.39 Å². The largest absolute Gasteiger partial charge is 0.396 e. The fourth-order valence-corrected chi connectivity index (χ4v) is 2.63. The second kappa shape index (κ2) is 5.55. The lowest BCUT2D eigenvalue weighted by Gasteiger charge is -2.17. The van der Waals surface area contributed by atoms with Gasteiger partial charge in [0.05, 0.1) is 16.9 Å². The van der Waals surface area contributed by atoms with E-state index < -0.39 is 11.5 Å². The van der Waals surface area contributed by atoms with E-state index >= 15 is 0 Å². The Morgan fingerprint density at radius 3 is 2.70 bits per heavy atom. The van der Waals surface area contributed by atoms with Crippen LogP contribution in [0.1, 0.15) is 0 Å². The van der Waals surface area contributed by atoms with Crippen LogP contribution in [0, 0.1) is 5.82 Å². The molecule has 5 nitrogen and oxygen atoms in total. The van der Waals surface area contributed by atoms with Crippen LogP contribution in [0.3, 0.4) is 0 Å². The molecule has 0 saturated heterocycles. The van der Waals surface area contributed by atoms with Crippen LogP contribution in [0.4, 0.5) is 15.9 Å². The summed E-state index contributed by atoms with van der Waals surface area (Å²) >= 11 is 6.07. The third kappa shape index (κ3) is 2.51. The molecule has 3 rings (SSSR count). The Morgan fingerprint density at radius 1 is 1.26 bits per heavy atom. The first-order valence-corrected chi connectivity index (χ1v) is 7.22. The van der Waals surface area contributed by atoms with Gasteiger partial charge in [-0.15, -0.1) is 0 Å². The maximum atomic E-state index is 14.4. The van der Waals surface area contributed by atoms with Gasteiger partial charge < -0.3 is 10.6 Å². The van der Waals surface area contributed by atoms with Crippen molar-refractivity contribution in [3.63, 3.8) is 0 Å². The van der Waals surface area contributed by atoms with Gasteiger partial charge in [0, 0.05) is 24.5 Å². The smallest absolute Gasteiger partial charge is 0.354 e. The van der Waals surface area contributed by atoms with Gasteiger partial charge in [0.2, 0.25) is 0 Å². The van der Waals surface area contributed by atoms with Gasteiger partial charge in [0.15, 0.2) is 5.82 Å². The Labute approximate surface area is 136 Å². The summed E-state index contributed by atoms with van der Waals surface area (Å²) in [5, 5.41) is 1.12. The number of nitrogens with zero attached hydrogens (tertiary/aromatic N) is 3. The van der Waals surface area contributed by atoms with Gasteiger partial charge in [-0.25, -0.2) is 9.18 Å². The molecule has 7 heteroatoms. The highest BCUT2D eigenvalue weighted by Gasteiger charge is 2.17. The SMILES string of the molecule is CN(C)c1nc(=O)n(-c2cccc(N)c2F)c2cc(Cl)ccc12. The van der Waals surface area contributed by atoms with Gasteiger partial charge in [0.25, 0.3) is 0 Å². The highest BCUT2D eigenvalue weighted by atomic mass is 35.5. The molecule has 0 aliphatic carbocycles. The number of nitrogen functional groups attached to an aromatic ring is 1. The predicted octanol–water partition coefficient (Wildman–Crippen LogP) is 2.83. The summed E-state index contributed by atoms with van der Waals surface area (Å²) in [5.41, 5.74) is 5.48. The molecule has 0 fully saturated rings. The molecule has 0 amide bonds. The van der Waals surface area contributed by atoms with Crippen LogP contribution in [0.25, 0.3) is 16.6 Å². The fraction of sp³-hybridized carbons (Fsp3) is 0.125. The first kappa shape index (κ1) is 15.3. The molecular weight excluding hydrogens is 319 g/mol. The van der Waals surface area contributed by atoms with Crippen molar-refractivity contribution in [2.75, 3.05) is 24.7 Å². The molecule has 0 aliphatic rings. The Kier molecular flexibility index (Phi) is 3.69. The van der Waals surface area contributed by atoms with Gasteiger partial charge in [-0.1, -0.05) is 17.7 Å². The summed E-state index contributed by atoms with van der Waals surface area (Å²) in [4.78, 5) is 18.3. The molecule has 0 saturated carbocycles. The van der Waals surface area contributed by atoms with E-state index in [4.69, 9.17) is 17.3 Å². The monoisotopic (exact) mass is 332 g/mol. The summed E-state index contributed by atoms with van der Waals surface area (Å²) in [6.45, 7) is 0. The highest BCUT2D eigenvalue weighted by Crippen LogP contribution is 2.28. The third-order valence-electron chi connectivity index (χ3n) is 3.51. The molecule has 0 unspecified atom stereocenters. The van der Waals surface area contributed by atoms with Crippen LogP contribution in [-0.2, 0) is 0 Å². The normalized spacial score (nSPS) is 11.0. The molecule has 0 aliphatic heterocycles. The van der Waals surface area contributed by atoms with Gasteiger partial charge in [-0.2, -0.15) is 4.98 Å². The van der Waals surface area contributed by atoms with Gasteiger partial charge >= 0.3 is 5.69 Å². The van der Waals surface area contributed by atoms with Crippen LogP contribution in [0.2, 0.25) is 5.02 Å². The number of anilines is 2. The first-order chi connectivity index (χ1) is 10.9. The predicted molar refractivity (Wildman–Crippen MR) is 91.0 cm³/mol. The number of hydrogen-bond acceptors (Lipinski definition) is 4. The van der Waals surface area contributed by atoms with Crippen molar-refractivity contribution in [1.29, 1.82) is 0 Å². The van der Waals surface area contributed by atoms with E-state index in [1.165, 1.54) is 16.7 Å². The van der Waals surface area contributed by atoms with Gasteiger partial charge in [-0.3, -0.25) is 4.57 Å². The third-order valence-corrected chi connectivity index (χ3v) is 3.74. The van der Waals surface area contributed by atoms with Crippen LogP contribution < -0.4 is 16.3 Å². The van der Waals surface area contributed by atoms with E-state index in [9.17, 15) is 9.18 Å². The molecule has 0 radical (unpaired) electrons. The summed E-state index contributed by atoms with van der Waals surface area (Å²) in [6.07, 6.45) is 0. The standard InChI is InChI=1S/C16H14ClFN4O/c1-21(2)15-10-7-6-9(17)8-13(10)22(16(23)20-15)12-5-3-4-11(19)14(12)18/h3-8H,19H2,1-2H3. The summed E-state index contributed by atoms with van der Waals surface area (Å²) in [6, 6.07) is 9.54. The lowest BCUT2D eigenvalue weighted by atomic mass is 10.2. The Morgan fingerprint density at radius 2 is 2.00 bits per heavy atom. The molecule has 23 heavy (non-hydrogen) atoms. The number of nitrogens with two attached hydrogens (primary N) is 1. The minimum Gasteiger partial charge on any atom is -0.396 e. The van der Waals surface area contributed by atoms with E-state index in [1.807, 2.05) is 0 Å². The zero-order chi connectivity index (χ0) is 16.7. The van der Waals surface area contributed by atoms with E-state index in [0.29, 0.717) is 21.7 Å². The number of aromatic nitrogens is 2. The molecule has 0 spiro atoms. The van der Waals surface area contributed by atoms with Crippen molar-refractivity contribution in [2.24, 2.45) is 0 Å². The molecule has 0 bridgehead atoms. The first-order valence-electron chi connectivity index (χ1n) is 6.84. The van der Waals surface area contributed by atoms with Crippen molar-refractivity contribution in [3.8, 4) is 5.69 Å². The number of benzene rings is 2. The molecular formula is C16H14ClFN4O. The quantitative estimate of drug-likeness (QED) is 0.733. The minimum atomic E-state index is -0.671. The average Bonchev–Trinajstić information content (AvgIpc) is 2.49. The van der Waals surface area contributed by atoms with Crippen molar-refractivity contribution in [1.82, 2.24) is 9.55 Å². The molecule has 2 aromatic carbocycles. The number of hydrogen-bond donors (Lipinski definition) is 1. The van der Waals surface area contributed by atoms with Crippen molar-refractivity contribution in [2.45, 2.75) is 0 Å². The van der Waals surface area contributed by atoms with E-state index in [1.54, 1.807) is 43.3 Å². The highest BCUT2D eigenvalue weighted by molar-refractivity contribution is 6.31. The van der Waals surface area contributed by atoms with Crippen molar-refractivity contribution >= 4 is 34.0 Å². The van der Waals surface area contributed by atoms with E-state index in [-0.39, 0.29) is 11.4 Å². The van der Waals surface area contributed by atoms with Gasteiger partial charge in [-0.05, 0) is 30.3 Å². The lowest BCUT2D eigenvalue weighted by molar-refractivity contribution is 0.621. The van der Waals surface area contributed by atoms with Gasteiger partial charge in [0.1, 0.15) is 5.82 Å². The van der Waals surface area contributed by atoms with E-state index in [2.05, 4.69) is 4.98 Å². The van der Waals surface area contributed by atoms with Crippen LogP contribution >= 0.6 is 11.6 Å². The van der Waals surface area contributed by atoms with E-state index in [0.717, 1.165) is 0 Å². The van der Waals surface area contributed by atoms with Crippen molar-refractivity contribution in [3.05, 3.63) is 57.7 Å². The Balaban J connectivity index is 2.49. The summed E-state index contributed by atoms with van der Waals surface area (Å²) in [5.74, 6) is -0.183. The van der Waals surface area contributed by atoms with Crippen LogP contribution in [0.15, 0.2) is 41.2 Å². The maximum absolute atomic E-state index is 14.4. The van der Waals surface area contributed by atoms with Crippen LogP contribution in [-0.4, -0.2) is 23.6 Å². The topological polar surface area (TPSA) is 64.2 Å². The zero-order valence-corrected chi connectivity index (χ0v) is 13.3. The maximum Gasteiger partial charge on any atom is 0.354 e. The molecule has 0 atom stereocenters. The Hall–Kier alpha value is -2.60. The Bertz CT molecular complexity index is 968. The molecule has 1 heterocycles. The molecule has 1 aromatic heterocycles. The second-order valence-electron chi connectivity index (χ2n) is 5.29. The number of rotatable bonds is 2. The molecule has 3 aromatic rings. The minimum absolute atomic E-state index is 0.0405. The lowest BCUT2D eigenvalue weighted by Crippen LogP contribution is -2.26. The number of halogens is 2. The summed E-state index contributed by atoms with van der Waals surface area (Å²) < 4.78 is 15.6. The fourth-order valence-electron chi connectivity index (χ4n) is 2.47.